The third-order valence-electron chi connectivity index (χ3n) is 2.83. The van der Waals surface area contributed by atoms with E-state index in [4.69, 9.17) is 15.2 Å². The molecule has 0 saturated heterocycles. The van der Waals surface area contributed by atoms with Gasteiger partial charge in [0.25, 0.3) is 0 Å². The van der Waals surface area contributed by atoms with Crippen molar-refractivity contribution in [2.24, 2.45) is 10.8 Å². The number of hydrazone groups is 1. The molecule has 118 valence electrons. The number of para-hydroxylation sites is 1. The van der Waals surface area contributed by atoms with Crippen molar-refractivity contribution >= 4 is 18.2 Å². The third-order valence-corrected chi connectivity index (χ3v) is 2.83. The van der Waals surface area contributed by atoms with Gasteiger partial charge in [-0.2, -0.15) is 5.10 Å². The van der Waals surface area contributed by atoms with Gasteiger partial charge in [-0.05, 0) is 36.4 Å². The van der Waals surface area contributed by atoms with Gasteiger partial charge in [0.2, 0.25) is 0 Å². The van der Waals surface area contributed by atoms with Crippen LogP contribution in [0.25, 0.3) is 0 Å². The number of methoxy groups -OCH3 is 1. The lowest BCUT2D eigenvalue weighted by Crippen LogP contribution is -2.24. The highest BCUT2D eigenvalue weighted by Gasteiger charge is 2.11. The minimum absolute atomic E-state index is 0.309. The van der Waals surface area contributed by atoms with Crippen molar-refractivity contribution < 1.29 is 19.1 Å². The second-order valence-corrected chi connectivity index (χ2v) is 4.39. The molecule has 0 fully saturated rings. The number of hydrogen-bond acceptors (Lipinski definition) is 5. The molecule has 0 heterocycles. The molecular weight excluding hydrogens is 298 g/mol. The SMILES string of the molecule is COc1ccc(C(=O)Oc2ccccc2/C=N\NC(N)=O)cc1. The molecule has 3 N–H and O–H groups in total. The molecule has 0 aliphatic rings. The van der Waals surface area contributed by atoms with Gasteiger partial charge in [0.15, 0.2) is 0 Å². The number of hydrogen-bond donors (Lipinski definition) is 2. The summed E-state index contributed by atoms with van der Waals surface area (Å²) in [6.45, 7) is 0. The summed E-state index contributed by atoms with van der Waals surface area (Å²) >= 11 is 0. The smallest absolute Gasteiger partial charge is 0.343 e. The van der Waals surface area contributed by atoms with Crippen LogP contribution in [0, 0.1) is 0 Å². The monoisotopic (exact) mass is 313 g/mol. The van der Waals surface area contributed by atoms with E-state index in [1.807, 2.05) is 0 Å². The summed E-state index contributed by atoms with van der Waals surface area (Å²) in [4.78, 5) is 22.7. The molecule has 0 unspecified atom stereocenters. The molecule has 0 spiro atoms. The molecule has 0 aromatic heterocycles. The molecule has 0 saturated carbocycles. The zero-order chi connectivity index (χ0) is 16.7. The highest BCUT2D eigenvalue weighted by atomic mass is 16.5. The molecule has 2 aromatic carbocycles. The molecule has 23 heavy (non-hydrogen) atoms. The van der Waals surface area contributed by atoms with Crippen LogP contribution in [-0.2, 0) is 0 Å². The fourth-order valence-corrected chi connectivity index (χ4v) is 1.73. The van der Waals surface area contributed by atoms with E-state index in [1.165, 1.54) is 6.21 Å². The molecular formula is C16H15N3O4. The molecule has 7 nitrogen and oxygen atoms in total. The molecule has 2 rings (SSSR count). The van der Waals surface area contributed by atoms with Gasteiger partial charge in [0.1, 0.15) is 11.5 Å². The van der Waals surface area contributed by atoms with Crippen LogP contribution in [0.4, 0.5) is 4.79 Å². The maximum atomic E-state index is 12.2. The predicted molar refractivity (Wildman–Crippen MR) is 84.7 cm³/mol. The Morgan fingerprint density at radius 2 is 1.83 bits per heavy atom. The molecule has 0 aliphatic carbocycles. The molecule has 0 aliphatic heterocycles. The number of nitrogens with one attached hydrogen (secondary N) is 1. The first-order chi connectivity index (χ1) is 11.1. The van der Waals surface area contributed by atoms with Gasteiger partial charge in [-0.15, -0.1) is 0 Å². The molecule has 0 bridgehead atoms. The zero-order valence-corrected chi connectivity index (χ0v) is 12.4. The second-order valence-electron chi connectivity index (χ2n) is 4.39. The van der Waals surface area contributed by atoms with Crippen LogP contribution in [-0.4, -0.2) is 25.3 Å². The van der Waals surface area contributed by atoms with Crippen LogP contribution < -0.4 is 20.6 Å². The molecule has 0 radical (unpaired) electrons. The fraction of sp³-hybridized carbons (Fsp3) is 0.0625. The van der Waals surface area contributed by atoms with Gasteiger partial charge >= 0.3 is 12.0 Å². The first-order valence-electron chi connectivity index (χ1n) is 6.64. The predicted octanol–water partition coefficient (Wildman–Crippen LogP) is 1.92. The minimum atomic E-state index is -0.783. The Morgan fingerprint density at radius 1 is 1.13 bits per heavy atom. The van der Waals surface area contributed by atoms with Gasteiger partial charge in [-0.25, -0.2) is 15.0 Å². The van der Waals surface area contributed by atoms with Crippen molar-refractivity contribution in [3.8, 4) is 11.5 Å². The molecule has 2 amide bonds. The number of benzene rings is 2. The largest absolute Gasteiger partial charge is 0.497 e. The summed E-state index contributed by atoms with van der Waals surface area (Å²) in [6.07, 6.45) is 1.33. The summed E-state index contributed by atoms with van der Waals surface area (Å²) in [5, 5.41) is 3.65. The molecule has 7 heteroatoms. The Balaban J connectivity index is 2.13. The summed E-state index contributed by atoms with van der Waals surface area (Å²) in [5.41, 5.74) is 7.89. The van der Waals surface area contributed by atoms with Crippen molar-refractivity contribution in [1.82, 2.24) is 5.43 Å². The summed E-state index contributed by atoms with van der Waals surface area (Å²) in [6, 6.07) is 12.5. The maximum absolute atomic E-state index is 12.2. The van der Waals surface area contributed by atoms with Gasteiger partial charge in [-0.1, -0.05) is 12.1 Å². The van der Waals surface area contributed by atoms with E-state index in [1.54, 1.807) is 55.6 Å². The summed E-state index contributed by atoms with van der Waals surface area (Å²) in [7, 11) is 1.54. The van der Waals surface area contributed by atoms with Crippen LogP contribution in [0.5, 0.6) is 11.5 Å². The number of carbonyl (C=O) groups excluding carboxylic acids is 2. The van der Waals surface area contributed by atoms with Crippen LogP contribution >= 0.6 is 0 Å². The average Bonchev–Trinajstić information content (AvgIpc) is 2.56. The molecule has 2 aromatic rings. The van der Waals surface area contributed by atoms with Crippen molar-refractivity contribution in [2.75, 3.05) is 7.11 Å². The normalized spacial score (nSPS) is 10.3. The van der Waals surface area contributed by atoms with Crippen molar-refractivity contribution in [3.63, 3.8) is 0 Å². The highest BCUT2D eigenvalue weighted by Crippen LogP contribution is 2.18. The number of amides is 2. The number of ether oxygens (including phenoxy) is 2. The van der Waals surface area contributed by atoms with E-state index in [0.29, 0.717) is 22.6 Å². The van der Waals surface area contributed by atoms with Crippen LogP contribution in [0.2, 0.25) is 0 Å². The van der Waals surface area contributed by atoms with E-state index < -0.39 is 12.0 Å². The van der Waals surface area contributed by atoms with Crippen molar-refractivity contribution in [3.05, 3.63) is 59.7 Å². The van der Waals surface area contributed by atoms with Crippen molar-refractivity contribution in [1.29, 1.82) is 0 Å². The first-order valence-corrected chi connectivity index (χ1v) is 6.64. The minimum Gasteiger partial charge on any atom is -0.497 e. The standard InChI is InChI=1S/C16H15N3O4/c1-22-13-8-6-11(7-9-13)15(20)23-14-5-3-2-4-12(14)10-18-19-16(17)21/h2-10H,1H3,(H3,17,19,21)/b18-10-. The van der Waals surface area contributed by atoms with Crippen LogP contribution in [0.15, 0.2) is 53.6 Å². The van der Waals surface area contributed by atoms with Gasteiger partial charge in [0, 0.05) is 5.56 Å². The van der Waals surface area contributed by atoms with E-state index in [2.05, 4.69) is 10.5 Å². The summed E-state index contributed by atoms with van der Waals surface area (Å²) < 4.78 is 10.4. The average molecular weight is 313 g/mol. The van der Waals surface area contributed by atoms with Gasteiger partial charge < -0.3 is 15.2 Å². The quantitative estimate of drug-likeness (QED) is 0.381. The maximum Gasteiger partial charge on any atom is 0.343 e. The van der Waals surface area contributed by atoms with Gasteiger partial charge in [-0.3, -0.25) is 0 Å². The fourth-order valence-electron chi connectivity index (χ4n) is 1.73. The Hall–Kier alpha value is -3.35. The number of nitrogens with two attached hydrogens (primary N) is 1. The Bertz CT molecular complexity index is 726. The van der Waals surface area contributed by atoms with E-state index in [9.17, 15) is 9.59 Å². The Morgan fingerprint density at radius 3 is 2.48 bits per heavy atom. The topological polar surface area (TPSA) is 103 Å². The first kappa shape index (κ1) is 16.0. The number of nitrogens with zero attached hydrogens (tertiary/aromatic N) is 1. The zero-order valence-electron chi connectivity index (χ0n) is 12.4. The number of urea groups is 1. The number of rotatable bonds is 5. The lowest BCUT2D eigenvalue weighted by Gasteiger charge is -2.07. The van der Waals surface area contributed by atoms with Gasteiger partial charge in [0.05, 0.1) is 18.9 Å². The lowest BCUT2D eigenvalue weighted by molar-refractivity contribution is 0.0734. The second kappa shape index (κ2) is 7.60. The van der Waals surface area contributed by atoms with Crippen molar-refractivity contribution in [2.45, 2.75) is 0 Å². The summed E-state index contributed by atoms with van der Waals surface area (Å²) in [5.74, 6) is 0.436. The Kier molecular flexibility index (Phi) is 5.30. The van der Waals surface area contributed by atoms with E-state index in [0.717, 1.165) is 0 Å². The molecule has 0 atom stereocenters. The van der Waals surface area contributed by atoms with E-state index >= 15 is 0 Å². The Labute approximate surface area is 132 Å². The number of esters is 1. The highest BCUT2D eigenvalue weighted by molar-refractivity contribution is 5.93. The van der Waals surface area contributed by atoms with Crippen LogP contribution in [0.1, 0.15) is 15.9 Å². The van der Waals surface area contributed by atoms with E-state index in [-0.39, 0.29) is 0 Å². The number of primary amides is 1. The number of carbonyl (C=O) groups is 2. The van der Waals surface area contributed by atoms with Crippen LogP contribution in [0.3, 0.4) is 0 Å². The third kappa shape index (κ3) is 4.57. The lowest BCUT2D eigenvalue weighted by atomic mass is 10.2.